The Kier molecular flexibility index (Phi) is 6.01. The van der Waals surface area contributed by atoms with Gasteiger partial charge in [0.2, 0.25) is 0 Å². The third-order valence-electron chi connectivity index (χ3n) is 4.21. The van der Waals surface area contributed by atoms with Gasteiger partial charge in [-0.05, 0) is 39.4 Å². The minimum atomic E-state index is 0.281. The lowest BCUT2D eigenvalue weighted by molar-refractivity contribution is 0.209. The van der Waals surface area contributed by atoms with Crippen LogP contribution >= 0.6 is 0 Å². The smallest absolute Gasteiger partial charge is 0.0538 e. The maximum Gasteiger partial charge on any atom is 0.0538 e. The number of likely N-dealkylation sites (tertiary alicyclic amines) is 1. The predicted octanol–water partition coefficient (Wildman–Crippen LogP) is 1.32. The molecule has 1 fully saturated rings. The van der Waals surface area contributed by atoms with Crippen LogP contribution < -0.4 is 5.73 Å². The molecule has 2 N–H and O–H groups in total. The van der Waals surface area contributed by atoms with Crippen molar-refractivity contribution in [2.24, 2.45) is 5.73 Å². The highest BCUT2D eigenvalue weighted by atomic mass is 15.3. The Morgan fingerprint density at radius 3 is 2.75 bits per heavy atom. The number of hydrogen-bond acceptors (Lipinski definition) is 4. The van der Waals surface area contributed by atoms with Crippen molar-refractivity contribution in [3.8, 4) is 0 Å². The summed E-state index contributed by atoms with van der Waals surface area (Å²) in [5, 5.41) is 4.42. The van der Waals surface area contributed by atoms with E-state index in [1.54, 1.807) is 0 Å². The second-order valence-corrected chi connectivity index (χ2v) is 5.82. The number of nitrogens with zero attached hydrogens (tertiary/aromatic N) is 4. The normalized spacial score (nSPS) is 18.0. The lowest BCUT2D eigenvalue weighted by Gasteiger charge is -2.28. The summed E-state index contributed by atoms with van der Waals surface area (Å²) >= 11 is 0. The van der Waals surface area contributed by atoms with E-state index in [4.69, 9.17) is 5.73 Å². The van der Waals surface area contributed by atoms with Crippen LogP contribution in [0.2, 0.25) is 0 Å². The predicted molar refractivity (Wildman–Crippen MR) is 82.6 cm³/mol. The zero-order valence-electron chi connectivity index (χ0n) is 13.0. The molecule has 0 saturated carbocycles. The summed E-state index contributed by atoms with van der Waals surface area (Å²) in [6.45, 7) is 8.54. The summed E-state index contributed by atoms with van der Waals surface area (Å²) in [7, 11) is 2.17. The fraction of sp³-hybridized carbons (Fsp3) is 0.800. The Morgan fingerprint density at radius 2 is 2.10 bits per heavy atom. The van der Waals surface area contributed by atoms with E-state index < -0.39 is 0 Å². The molecule has 1 atom stereocenters. The molecule has 20 heavy (non-hydrogen) atoms. The van der Waals surface area contributed by atoms with Crippen molar-refractivity contribution in [2.45, 2.75) is 38.8 Å². The van der Waals surface area contributed by atoms with Crippen LogP contribution in [0, 0.1) is 0 Å². The fourth-order valence-corrected chi connectivity index (χ4v) is 2.93. The molecule has 0 spiro atoms. The molecular formula is C15H29N5. The van der Waals surface area contributed by atoms with Gasteiger partial charge in [-0.25, -0.2) is 0 Å². The Bertz CT molecular complexity index is 383. The van der Waals surface area contributed by atoms with Crippen molar-refractivity contribution in [1.29, 1.82) is 0 Å². The summed E-state index contributed by atoms with van der Waals surface area (Å²) in [6.07, 6.45) is 7.94. The quantitative estimate of drug-likeness (QED) is 0.780. The van der Waals surface area contributed by atoms with Crippen LogP contribution in [0.1, 0.15) is 37.8 Å². The topological polar surface area (TPSA) is 50.3 Å². The fourth-order valence-electron chi connectivity index (χ4n) is 2.93. The first-order valence-electron chi connectivity index (χ1n) is 7.89. The summed E-state index contributed by atoms with van der Waals surface area (Å²) in [6, 6.07) is 0.281. The van der Waals surface area contributed by atoms with Crippen LogP contribution in [0.3, 0.4) is 0 Å². The number of likely N-dealkylation sites (N-methyl/N-ethyl adjacent to an activating group) is 1. The third kappa shape index (κ3) is 4.04. The molecule has 0 amide bonds. The van der Waals surface area contributed by atoms with Gasteiger partial charge in [0.1, 0.15) is 0 Å². The number of rotatable bonds is 8. The second-order valence-electron chi connectivity index (χ2n) is 5.82. The van der Waals surface area contributed by atoms with Gasteiger partial charge >= 0.3 is 0 Å². The van der Waals surface area contributed by atoms with Gasteiger partial charge in [-0.2, -0.15) is 5.10 Å². The van der Waals surface area contributed by atoms with Gasteiger partial charge in [-0.1, -0.05) is 6.92 Å². The molecule has 5 nitrogen and oxygen atoms in total. The molecule has 1 aromatic heterocycles. The molecule has 0 aliphatic carbocycles. The van der Waals surface area contributed by atoms with E-state index in [-0.39, 0.29) is 6.04 Å². The Hall–Kier alpha value is -0.910. The Morgan fingerprint density at radius 1 is 1.35 bits per heavy atom. The minimum absolute atomic E-state index is 0.281. The van der Waals surface area contributed by atoms with Crippen LogP contribution in [-0.4, -0.2) is 59.4 Å². The van der Waals surface area contributed by atoms with E-state index in [9.17, 15) is 0 Å². The van der Waals surface area contributed by atoms with Crippen molar-refractivity contribution < 1.29 is 0 Å². The average Bonchev–Trinajstić information content (AvgIpc) is 3.09. The van der Waals surface area contributed by atoms with Crippen molar-refractivity contribution >= 4 is 0 Å². The Labute approximate surface area is 122 Å². The van der Waals surface area contributed by atoms with Gasteiger partial charge < -0.3 is 10.6 Å². The molecule has 1 aromatic rings. The number of aromatic nitrogens is 2. The number of hydrogen-bond donors (Lipinski definition) is 1. The van der Waals surface area contributed by atoms with Crippen LogP contribution in [0.15, 0.2) is 12.4 Å². The molecule has 1 unspecified atom stereocenters. The standard InChI is InChI=1S/C15H29N5/c1-3-6-20-13-14(12-17-20)15(11-16)18(2)9-10-19-7-4-5-8-19/h12-13,15H,3-11,16H2,1-2H3. The number of aryl methyl sites for hydroxylation is 1. The molecular weight excluding hydrogens is 250 g/mol. The second kappa shape index (κ2) is 7.76. The van der Waals surface area contributed by atoms with Gasteiger partial charge in [0.25, 0.3) is 0 Å². The van der Waals surface area contributed by atoms with Gasteiger partial charge in [0.15, 0.2) is 0 Å². The first kappa shape index (κ1) is 15.5. The van der Waals surface area contributed by atoms with E-state index in [0.29, 0.717) is 6.54 Å². The monoisotopic (exact) mass is 279 g/mol. The van der Waals surface area contributed by atoms with Gasteiger partial charge in [0.05, 0.1) is 6.20 Å². The molecule has 0 radical (unpaired) electrons. The molecule has 1 aliphatic rings. The van der Waals surface area contributed by atoms with Crippen molar-refractivity contribution in [2.75, 3.05) is 39.8 Å². The Balaban J connectivity index is 1.88. The molecule has 0 bridgehead atoms. The molecule has 1 saturated heterocycles. The summed E-state index contributed by atoms with van der Waals surface area (Å²) in [4.78, 5) is 4.91. The van der Waals surface area contributed by atoms with Crippen molar-refractivity contribution in [1.82, 2.24) is 19.6 Å². The summed E-state index contributed by atoms with van der Waals surface area (Å²) in [5.41, 5.74) is 7.22. The van der Waals surface area contributed by atoms with Gasteiger partial charge in [-0.3, -0.25) is 9.58 Å². The van der Waals surface area contributed by atoms with Crippen LogP contribution in [-0.2, 0) is 6.54 Å². The SMILES string of the molecule is CCCn1cc(C(CN)N(C)CCN2CCCC2)cn1. The van der Waals surface area contributed by atoms with E-state index in [2.05, 4.69) is 35.1 Å². The molecule has 114 valence electrons. The molecule has 2 heterocycles. The zero-order chi connectivity index (χ0) is 14.4. The lowest BCUT2D eigenvalue weighted by Crippen LogP contribution is -2.36. The first-order valence-corrected chi connectivity index (χ1v) is 7.89. The van der Waals surface area contributed by atoms with Crippen molar-refractivity contribution in [3.63, 3.8) is 0 Å². The highest BCUT2D eigenvalue weighted by Gasteiger charge is 2.19. The maximum absolute atomic E-state index is 5.98. The highest BCUT2D eigenvalue weighted by Crippen LogP contribution is 2.18. The van der Waals surface area contributed by atoms with E-state index >= 15 is 0 Å². The van der Waals surface area contributed by atoms with E-state index in [1.165, 1.54) is 31.5 Å². The highest BCUT2D eigenvalue weighted by molar-refractivity contribution is 5.11. The van der Waals surface area contributed by atoms with E-state index in [0.717, 1.165) is 26.1 Å². The van der Waals surface area contributed by atoms with E-state index in [1.807, 2.05) is 10.9 Å². The third-order valence-corrected chi connectivity index (χ3v) is 4.21. The van der Waals surface area contributed by atoms with Crippen LogP contribution in [0.25, 0.3) is 0 Å². The average molecular weight is 279 g/mol. The first-order chi connectivity index (χ1) is 9.74. The summed E-state index contributed by atoms with van der Waals surface area (Å²) < 4.78 is 2.02. The largest absolute Gasteiger partial charge is 0.329 e. The lowest BCUT2D eigenvalue weighted by atomic mass is 10.1. The van der Waals surface area contributed by atoms with Crippen LogP contribution in [0.5, 0.6) is 0 Å². The van der Waals surface area contributed by atoms with Gasteiger partial charge in [-0.15, -0.1) is 0 Å². The van der Waals surface area contributed by atoms with Gasteiger partial charge in [0, 0.05) is 44.0 Å². The van der Waals surface area contributed by atoms with Crippen LogP contribution in [0.4, 0.5) is 0 Å². The molecule has 5 heteroatoms. The minimum Gasteiger partial charge on any atom is -0.329 e. The van der Waals surface area contributed by atoms with Crippen molar-refractivity contribution in [3.05, 3.63) is 18.0 Å². The molecule has 0 aromatic carbocycles. The molecule has 1 aliphatic heterocycles. The summed E-state index contributed by atoms with van der Waals surface area (Å²) in [5.74, 6) is 0. The number of nitrogens with two attached hydrogens (primary N) is 1. The molecule has 2 rings (SSSR count). The maximum atomic E-state index is 5.98. The zero-order valence-corrected chi connectivity index (χ0v) is 13.0.